The van der Waals surface area contributed by atoms with Crippen molar-refractivity contribution in [2.45, 2.75) is 66.6 Å². The van der Waals surface area contributed by atoms with E-state index in [1.807, 2.05) is 39.8 Å². The van der Waals surface area contributed by atoms with E-state index in [9.17, 15) is 14.4 Å². The molecule has 0 aliphatic rings. The molecule has 5 rings (SSSR count). The Morgan fingerprint density at radius 3 is 1.62 bits per heavy atom. The van der Waals surface area contributed by atoms with Crippen molar-refractivity contribution in [3.8, 4) is 22.5 Å². The number of Topliss-reactive ketones (excluding diaryl/α,β-unsaturated/α-hetero) is 1. The molecule has 3 aromatic heterocycles. The zero-order valence-corrected chi connectivity index (χ0v) is 28.7. The fourth-order valence-corrected chi connectivity index (χ4v) is 4.36. The number of amides is 2. The van der Waals surface area contributed by atoms with Crippen molar-refractivity contribution in [1.82, 2.24) is 30.1 Å². The Labute approximate surface area is 282 Å². The minimum atomic E-state index is -0.561. The summed E-state index contributed by atoms with van der Waals surface area (Å²) in [5, 5.41) is 12.4. The third-order valence-corrected chi connectivity index (χ3v) is 6.42. The van der Waals surface area contributed by atoms with Crippen LogP contribution in [0.1, 0.15) is 64.6 Å². The number of rotatable bonds is 5. The number of H-pyrrole nitrogens is 1. The largest absolute Gasteiger partial charge is 0.444 e. The van der Waals surface area contributed by atoms with Crippen LogP contribution in [-0.4, -0.2) is 59.3 Å². The number of aromatic amines is 1. The standard InChI is InChI=1S/C17H18ClN3O3.C17H19N5O2/c1-10(22)14-15(18)21-13(9-19-14)11-5-7-12(8-6-11)20-16(23)24-17(2,3)4;1-10-14-15(22-21-10)20-13(9-18-14)11-5-7-12(8-6-11)19-16(23)24-17(2,3)4/h5-9H,1-4H3,(H,20,23);5-9H,1-4H3,(H,19,23)(H,20,21,22). The molecule has 0 spiro atoms. The molecule has 5 aromatic rings. The molecule has 0 radical (unpaired) electrons. The SMILES string of the molecule is CC(=O)c1ncc(-c2ccc(NC(=O)OC(C)(C)C)cc2)nc1Cl.Cc1[nH]nc2nc(-c3ccc(NC(=O)OC(C)(C)C)cc3)cnc12. The maximum Gasteiger partial charge on any atom is 0.412 e. The van der Waals surface area contributed by atoms with Gasteiger partial charge in [-0.25, -0.2) is 29.5 Å². The first-order valence-corrected chi connectivity index (χ1v) is 15.3. The Bertz CT molecular complexity index is 1930. The number of hydrogen-bond acceptors (Lipinski definition) is 10. The number of benzene rings is 2. The summed E-state index contributed by atoms with van der Waals surface area (Å²) in [6.07, 6.45) is 2.19. The van der Waals surface area contributed by atoms with Crippen LogP contribution >= 0.6 is 11.6 Å². The Balaban J connectivity index is 0.000000217. The number of nitrogens with one attached hydrogen (secondary N) is 3. The molecule has 0 aliphatic heterocycles. The van der Waals surface area contributed by atoms with Crippen molar-refractivity contribution in [3.05, 3.63) is 77.5 Å². The van der Waals surface area contributed by atoms with Crippen molar-refractivity contribution < 1.29 is 23.9 Å². The highest BCUT2D eigenvalue weighted by Gasteiger charge is 2.18. The average Bonchev–Trinajstić information content (AvgIpc) is 3.36. The summed E-state index contributed by atoms with van der Waals surface area (Å²) >= 11 is 5.97. The number of anilines is 2. The monoisotopic (exact) mass is 672 g/mol. The minimum Gasteiger partial charge on any atom is -0.444 e. The van der Waals surface area contributed by atoms with E-state index in [4.69, 9.17) is 21.1 Å². The number of aryl methyl sites for hydroxylation is 1. The number of ketones is 1. The molecule has 14 heteroatoms. The normalized spacial score (nSPS) is 11.3. The lowest BCUT2D eigenvalue weighted by molar-refractivity contribution is 0.0624. The maximum absolute atomic E-state index is 11.8. The second-order valence-corrected chi connectivity index (χ2v) is 13.0. The van der Waals surface area contributed by atoms with Crippen LogP contribution in [0.15, 0.2) is 60.9 Å². The number of ether oxygens (including phenoxy) is 2. The van der Waals surface area contributed by atoms with Gasteiger partial charge in [-0.15, -0.1) is 0 Å². The number of halogens is 1. The molecule has 2 amide bonds. The van der Waals surface area contributed by atoms with E-state index < -0.39 is 23.4 Å². The van der Waals surface area contributed by atoms with E-state index >= 15 is 0 Å². The van der Waals surface area contributed by atoms with Crippen LogP contribution in [0.5, 0.6) is 0 Å². The summed E-state index contributed by atoms with van der Waals surface area (Å²) in [7, 11) is 0. The van der Waals surface area contributed by atoms with Crippen LogP contribution in [0.2, 0.25) is 5.15 Å². The molecule has 3 heterocycles. The molecule has 0 saturated heterocycles. The number of fused-ring (bicyclic) bond motifs is 1. The summed E-state index contributed by atoms with van der Waals surface area (Å²) < 4.78 is 10.4. The van der Waals surface area contributed by atoms with E-state index in [1.54, 1.807) is 63.4 Å². The van der Waals surface area contributed by atoms with Gasteiger partial charge in [-0.3, -0.25) is 20.5 Å². The Morgan fingerprint density at radius 2 is 1.19 bits per heavy atom. The highest BCUT2D eigenvalue weighted by molar-refractivity contribution is 6.32. The molecular formula is C34H37ClN8O5. The number of carbonyl (C=O) groups excluding carboxylic acids is 3. The molecule has 13 nitrogen and oxygen atoms in total. The van der Waals surface area contributed by atoms with Crippen molar-refractivity contribution in [2.24, 2.45) is 0 Å². The highest BCUT2D eigenvalue weighted by atomic mass is 35.5. The average molecular weight is 673 g/mol. The summed E-state index contributed by atoms with van der Waals surface area (Å²) in [5.41, 5.74) is 5.43. The molecule has 0 bridgehead atoms. The van der Waals surface area contributed by atoms with Crippen LogP contribution in [0.3, 0.4) is 0 Å². The molecule has 0 saturated carbocycles. The molecule has 3 N–H and O–H groups in total. The van der Waals surface area contributed by atoms with Gasteiger partial charge >= 0.3 is 12.2 Å². The third-order valence-electron chi connectivity index (χ3n) is 6.15. The number of hydrogen-bond donors (Lipinski definition) is 3. The number of aromatic nitrogens is 6. The van der Waals surface area contributed by atoms with E-state index in [2.05, 4.69) is 40.8 Å². The minimum absolute atomic E-state index is 0.0657. The van der Waals surface area contributed by atoms with Gasteiger partial charge in [0.2, 0.25) is 0 Å². The van der Waals surface area contributed by atoms with Gasteiger partial charge in [-0.2, -0.15) is 5.10 Å². The topological polar surface area (TPSA) is 174 Å². The fourth-order valence-electron chi connectivity index (χ4n) is 4.08. The van der Waals surface area contributed by atoms with Crippen molar-refractivity contribution in [2.75, 3.05) is 10.6 Å². The highest BCUT2D eigenvalue weighted by Crippen LogP contribution is 2.24. The van der Waals surface area contributed by atoms with Gasteiger partial charge < -0.3 is 9.47 Å². The van der Waals surface area contributed by atoms with Crippen molar-refractivity contribution >= 4 is 52.1 Å². The second kappa shape index (κ2) is 14.6. The number of nitrogens with zero attached hydrogens (tertiary/aromatic N) is 5. The smallest absolute Gasteiger partial charge is 0.412 e. The lowest BCUT2D eigenvalue weighted by atomic mass is 10.1. The van der Waals surface area contributed by atoms with Gasteiger partial charge in [-0.1, -0.05) is 35.9 Å². The van der Waals surface area contributed by atoms with Crippen LogP contribution in [0, 0.1) is 6.92 Å². The van der Waals surface area contributed by atoms with Gasteiger partial charge in [0.15, 0.2) is 16.6 Å². The summed E-state index contributed by atoms with van der Waals surface area (Å²) in [6, 6.07) is 14.3. The van der Waals surface area contributed by atoms with E-state index in [1.165, 1.54) is 13.1 Å². The Morgan fingerprint density at radius 1 is 0.729 bits per heavy atom. The van der Waals surface area contributed by atoms with Gasteiger partial charge in [0, 0.05) is 29.4 Å². The van der Waals surface area contributed by atoms with Gasteiger partial charge in [0.25, 0.3) is 0 Å². The van der Waals surface area contributed by atoms with Crippen molar-refractivity contribution in [3.63, 3.8) is 0 Å². The van der Waals surface area contributed by atoms with Gasteiger partial charge in [0.1, 0.15) is 22.4 Å². The molecule has 0 unspecified atom stereocenters. The Hall–Kier alpha value is -5.43. The third kappa shape index (κ3) is 10.0. The second-order valence-electron chi connectivity index (χ2n) is 12.6. The molecule has 0 aliphatic carbocycles. The summed E-state index contributed by atoms with van der Waals surface area (Å²) in [4.78, 5) is 51.9. The van der Waals surface area contributed by atoms with Gasteiger partial charge in [0.05, 0.1) is 29.5 Å². The van der Waals surface area contributed by atoms with Crippen molar-refractivity contribution in [1.29, 1.82) is 0 Å². The molecule has 0 atom stereocenters. The van der Waals surface area contributed by atoms with Gasteiger partial charge in [-0.05, 0) is 72.7 Å². The van der Waals surface area contributed by atoms with Crippen LogP contribution in [0.4, 0.5) is 21.0 Å². The zero-order chi connectivity index (χ0) is 35.2. The number of carbonyl (C=O) groups is 3. The predicted octanol–water partition coefficient (Wildman–Crippen LogP) is 8.02. The summed E-state index contributed by atoms with van der Waals surface area (Å²) in [5.74, 6) is -0.240. The quantitative estimate of drug-likeness (QED) is 0.155. The first-order valence-electron chi connectivity index (χ1n) is 14.9. The van der Waals surface area contributed by atoms with E-state index in [0.29, 0.717) is 22.7 Å². The van der Waals surface area contributed by atoms with Crippen LogP contribution in [-0.2, 0) is 9.47 Å². The molecule has 2 aromatic carbocycles. The molecular weight excluding hydrogens is 636 g/mol. The predicted molar refractivity (Wildman–Crippen MR) is 184 cm³/mol. The fraction of sp³-hybridized carbons (Fsp3) is 0.294. The van der Waals surface area contributed by atoms with E-state index in [-0.39, 0.29) is 16.6 Å². The zero-order valence-electron chi connectivity index (χ0n) is 27.9. The summed E-state index contributed by atoms with van der Waals surface area (Å²) in [6.45, 7) is 14.1. The molecule has 250 valence electrons. The van der Waals surface area contributed by atoms with E-state index in [0.717, 1.165) is 28.0 Å². The molecule has 48 heavy (non-hydrogen) atoms. The molecule has 0 fully saturated rings. The maximum atomic E-state index is 11.8. The Kier molecular flexibility index (Phi) is 10.7. The first kappa shape index (κ1) is 35.4. The van der Waals surface area contributed by atoms with Crippen LogP contribution < -0.4 is 10.6 Å². The lowest BCUT2D eigenvalue weighted by Crippen LogP contribution is -2.27. The first-order chi connectivity index (χ1) is 22.5. The van der Waals surface area contributed by atoms with Crippen LogP contribution in [0.25, 0.3) is 33.7 Å². The lowest BCUT2D eigenvalue weighted by Gasteiger charge is -2.19.